The quantitative estimate of drug-likeness (QED) is 0.267. The van der Waals surface area contributed by atoms with Crippen molar-refractivity contribution in [3.63, 3.8) is 0 Å². The van der Waals surface area contributed by atoms with Gasteiger partial charge in [0.25, 0.3) is 5.69 Å². The van der Waals surface area contributed by atoms with Crippen LogP contribution >= 0.6 is 23.1 Å². The van der Waals surface area contributed by atoms with E-state index in [1.54, 1.807) is 11.5 Å². The fraction of sp³-hybridized carbons (Fsp3) is 0.250. The number of nitro benzene ring substituents is 1. The standard InChI is InChI=1S/C20H16N2O7S2/c1-11(23)29-17(13-6-7-30-9-13)16-18(24)21-15(10-31-19(16)21)20(25)28-8-12-2-4-14(5-3-12)22(26)27/h2-7,9-10,16-17,19H,8H2,1H3/t16?,17?,19-/m1/s1. The number of esters is 2. The molecule has 3 atom stereocenters. The van der Waals surface area contributed by atoms with Gasteiger partial charge in [-0.15, -0.1) is 11.8 Å². The van der Waals surface area contributed by atoms with Gasteiger partial charge in [0.15, 0.2) is 0 Å². The number of benzene rings is 1. The molecule has 1 saturated heterocycles. The minimum Gasteiger partial charge on any atom is -0.457 e. The van der Waals surface area contributed by atoms with Crippen LogP contribution in [-0.2, 0) is 30.5 Å². The summed E-state index contributed by atoms with van der Waals surface area (Å²) in [6, 6.07) is 7.46. The van der Waals surface area contributed by atoms with Gasteiger partial charge in [0.05, 0.1) is 4.92 Å². The van der Waals surface area contributed by atoms with Crippen LogP contribution in [0.3, 0.4) is 0 Å². The molecule has 2 unspecified atom stereocenters. The third-order valence-electron chi connectivity index (χ3n) is 4.88. The molecule has 31 heavy (non-hydrogen) atoms. The van der Waals surface area contributed by atoms with Crippen LogP contribution in [0.2, 0.25) is 0 Å². The molecule has 1 aromatic heterocycles. The second-order valence-electron chi connectivity index (χ2n) is 6.85. The Morgan fingerprint density at radius 1 is 1.26 bits per heavy atom. The molecule has 2 aromatic rings. The molecule has 1 fully saturated rings. The van der Waals surface area contributed by atoms with Crippen LogP contribution in [0.4, 0.5) is 5.69 Å². The molecule has 2 aliphatic rings. The van der Waals surface area contributed by atoms with E-state index in [1.807, 2.05) is 10.8 Å². The smallest absolute Gasteiger partial charge is 0.355 e. The van der Waals surface area contributed by atoms with Crippen LogP contribution in [0.15, 0.2) is 52.2 Å². The van der Waals surface area contributed by atoms with Gasteiger partial charge in [-0.25, -0.2) is 4.79 Å². The van der Waals surface area contributed by atoms with Gasteiger partial charge < -0.3 is 9.47 Å². The Morgan fingerprint density at radius 3 is 2.61 bits per heavy atom. The molecular weight excluding hydrogens is 444 g/mol. The molecular formula is C20H16N2O7S2. The Kier molecular flexibility index (Phi) is 5.79. The van der Waals surface area contributed by atoms with Crippen molar-refractivity contribution in [2.24, 2.45) is 5.92 Å². The maximum absolute atomic E-state index is 12.9. The van der Waals surface area contributed by atoms with E-state index >= 15 is 0 Å². The highest BCUT2D eigenvalue weighted by molar-refractivity contribution is 8.03. The molecule has 1 aromatic carbocycles. The minimum atomic E-state index is -0.714. The molecule has 0 bridgehead atoms. The molecule has 0 saturated carbocycles. The molecule has 9 nitrogen and oxygen atoms in total. The highest BCUT2D eigenvalue weighted by atomic mass is 32.2. The minimum absolute atomic E-state index is 0.0574. The van der Waals surface area contributed by atoms with Crippen molar-refractivity contribution in [1.29, 1.82) is 0 Å². The van der Waals surface area contributed by atoms with Crippen molar-refractivity contribution in [2.45, 2.75) is 25.0 Å². The van der Waals surface area contributed by atoms with E-state index in [-0.39, 0.29) is 29.3 Å². The number of thioether (sulfide) groups is 1. The van der Waals surface area contributed by atoms with Crippen molar-refractivity contribution < 1.29 is 28.8 Å². The Labute approximate surface area is 184 Å². The van der Waals surface area contributed by atoms with Crippen LogP contribution in [0.5, 0.6) is 0 Å². The van der Waals surface area contributed by atoms with Crippen molar-refractivity contribution in [1.82, 2.24) is 4.90 Å². The Bertz CT molecular complexity index is 1070. The van der Waals surface area contributed by atoms with Crippen LogP contribution in [0, 0.1) is 16.0 Å². The third kappa shape index (κ3) is 4.06. The number of hydrogen-bond acceptors (Lipinski definition) is 9. The highest BCUT2D eigenvalue weighted by Gasteiger charge is 2.58. The van der Waals surface area contributed by atoms with Crippen molar-refractivity contribution in [3.05, 3.63) is 73.4 Å². The molecule has 0 spiro atoms. The monoisotopic (exact) mass is 460 g/mol. The summed E-state index contributed by atoms with van der Waals surface area (Å²) in [5, 5.41) is 15.6. The topological polar surface area (TPSA) is 116 Å². The third-order valence-corrected chi connectivity index (χ3v) is 6.72. The Morgan fingerprint density at radius 2 is 2.00 bits per heavy atom. The van der Waals surface area contributed by atoms with Gasteiger partial charge in [0.1, 0.15) is 29.7 Å². The van der Waals surface area contributed by atoms with Gasteiger partial charge >= 0.3 is 11.9 Å². The summed E-state index contributed by atoms with van der Waals surface area (Å²) >= 11 is 2.74. The largest absolute Gasteiger partial charge is 0.457 e. The Balaban J connectivity index is 1.40. The summed E-state index contributed by atoms with van der Waals surface area (Å²) in [5.41, 5.74) is 1.40. The van der Waals surface area contributed by atoms with E-state index in [9.17, 15) is 24.5 Å². The maximum Gasteiger partial charge on any atom is 0.355 e. The van der Waals surface area contributed by atoms with Gasteiger partial charge in [-0.2, -0.15) is 11.3 Å². The summed E-state index contributed by atoms with van der Waals surface area (Å²) in [7, 11) is 0. The fourth-order valence-electron chi connectivity index (χ4n) is 3.41. The first-order valence-electron chi connectivity index (χ1n) is 9.15. The van der Waals surface area contributed by atoms with Crippen LogP contribution in [0.25, 0.3) is 0 Å². The zero-order chi connectivity index (χ0) is 22.1. The number of carbonyl (C=O) groups is 3. The molecule has 0 N–H and O–H groups in total. The predicted octanol–water partition coefficient (Wildman–Crippen LogP) is 3.38. The van der Waals surface area contributed by atoms with E-state index in [2.05, 4.69) is 0 Å². The number of nitro groups is 1. The molecule has 0 radical (unpaired) electrons. The number of β-lactam (4-membered cyclic amide) rings is 1. The summed E-state index contributed by atoms with van der Waals surface area (Å²) < 4.78 is 10.7. The molecule has 2 aliphatic heterocycles. The van der Waals surface area contributed by atoms with Crippen molar-refractivity contribution in [3.8, 4) is 0 Å². The number of fused-ring (bicyclic) bond motifs is 1. The van der Waals surface area contributed by atoms with E-state index in [0.717, 1.165) is 5.56 Å². The van der Waals surface area contributed by atoms with Crippen molar-refractivity contribution >= 4 is 46.6 Å². The number of carbonyl (C=O) groups excluding carboxylic acids is 3. The predicted molar refractivity (Wildman–Crippen MR) is 112 cm³/mol. The van der Waals surface area contributed by atoms with E-state index < -0.39 is 28.9 Å². The van der Waals surface area contributed by atoms with Gasteiger partial charge in [-0.3, -0.25) is 24.6 Å². The Hall–Kier alpha value is -3.18. The van der Waals surface area contributed by atoms with E-state index in [1.165, 1.54) is 59.2 Å². The lowest BCUT2D eigenvalue weighted by molar-refractivity contribution is -0.384. The summed E-state index contributed by atoms with van der Waals surface area (Å²) in [6.45, 7) is 1.21. The number of hydrogen-bond donors (Lipinski definition) is 0. The number of rotatable bonds is 7. The number of non-ortho nitro benzene ring substituents is 1. The second kappa shape index (κ2) is 8.52. The fourth-order valence-corrected chi connectivity index (χ4v) is 5.34. The van der Waals surface area contributed by atoms with Crippen LogP contribution in [-0.4, -0.2) is 33.0 Å². The summed E-state index contributed by atoms with van der Waals surface area (Å²) in [6.07, 6.45) is -0.714. The van der Waals surface area contributed by atoms with Crippen LogP contribution in [0.1, 0.15) is 24.2 Å². The first-order chi connectivity index (χ1) is 14.9. The molecule has 4 rings (SSSR count). The highest BCUT2D eigenvalue weighted by Crippen LogP contribution is 2.50. The van der Waals surface area contributed by atoms with E-state index in [4.69, 9.17) is 9.47 Å². The van der Waals surface area contributed by atoms with Crippen molar-refractivity contribution in [2.75, 3.05) is 0 Å². The second-order valence-corrected chi connectivity index (χ2v) is 8.62. The number of thiophene rings is 1. The maximum atomic E-state index is 12.9. The molecule has 3 heterocycles. The average Bonchev–Trinajstić information content (AvgIpc) is 3.39. The molecule has 11 heteroatoms. The number of amides is 1. The van der Waals surface area contributed by atoms with Gasteiger partial charge in [-0.05, 0) is 34.5 Å². The SMILES string of the molecule is CC(=O)OC(c1ccsc1)C1C(=O)N2C(C(=O)OCc3ccc([N+](=O)[O-])cc3)=CS[C@H]12. The molecule has 160 valence electrons. The molecule has 1 amide bonds. The summed E-state index contributed by atoms with van der Waals surface area (Å²) in [4.78, 5) is 48.5. The van der Waals surface area contributed by atoms with Gasteiger partial charge in [0.2, 0.25) is 5.91 Å². The first-order valence-corrected chi connectivity index (χ1v) is 11.0. The van der Waals surface area contributed by atoms with Gasteiger partial charge in [0, 0.05) is 30.0 Å². The lowest BCUT2D eigenvalue weighted by atomic mass is 9.88. The molecule has 0 aliphatic carbocycles. The average molecular weight is 460 g/mol. The normalized spacial score (nSPS) is 20.4. The van der Waals surface area contributed by atoms with Gasteiger partial charge in [-0.1, -0.05) is 0 Å². The zero-order valence-corrected chi connectivity index (χ0v) is 17.8. The summed E-state index contributed by atoms with van der Waals surface area (Å²) in [5.74, 6) is -2.06. The first kappa shape index (κ1) is 21.1. The van der Waals surface area contributed by atoms with E-state index in [0.29, 0.717) is 5.56 Å². The zero-order valence-electron chi connectivity index (χ0n) is 16.1. The lowest BCUT2D eigenvalue weighted by Crippen LogP contribution is -2.59. The lowest BCUT2D eigenvalue weighted by Gasteiger charge is -2.45. The number of ether oxygens (including phenoxy) is 2. The number of nitrogens with zero attached hydrogens (tertiary/aromatic N) is 2. The van der Waals surface area contributed by atoms with Crippen LogP contribution < -0.4 is 0 Å².